The van der Waals surface area contributed by atoms with Gasteiger partial charge in [0.25, 0.3) is 5.91 Å². The van der Waals surface area contributed by atoms with E-state index in [9.17, 15) is 9.18 Å². The summed E-state index contributed by atoms with van der Waals surface area (Å²) >= 11 is 0. The second kappa shape index (κ2) is 6.70. The third-order valence-electron chi connectivity index (χ3n) is 3.02. The van der Waals surface area contributed by atoms with Crippen molar-refractivity contribution in [3.05, 3.63) is 66.0 Å². The van der Waals surface area contributed by atoms with Crippen LogP contribution in [0, 0.1) is 5.82 Å². The van der Waals surface area contributed by atoms with E-state index in [1.165, 1.54) is 18.2 Å². The van der Waals surface area contributed by atoms with Crippen LogP contribution in [-0.2, 0) is 0 Å². The Labute approximate surface area is 118 Å². The van der Waals surface area contributed by atoms with Gasteiger partial charge >= 0.3 is 0 Å². The maximum absolute atomic E-state index is 13.0. The summed E-state index contributed by atoms with van der Waals surface area (Å²) in [6.07, 6.45) is 0. The molecule has 1 N–H and O–H groups in total. The zero-order valence-electron chi connectivity index (χ0n) is 11.3. The van der Waals surface area contributed by atoms with Gasteiger partial charge in [0.15, 0.2) is 0 Å². The standard InChI is InChI=1S/C16H17FN2O/c1-19(15-8-3-2-4-9-15)11-10-18-16(20)13-6-5-7-14(17)12-13/h2-9,12H,10-11H2,1H3,(H,18,20). The summed E-state index contributed by atoms with van der Waals surface area (Å²) in [6, 6.07) is 15.6. The molecule has 0 spiro atoms. The Morgan fingerprint density at radius 1 is 1.15 bits per heavy atom. The Hall–Kier alpha value is -2.36. The van der Waals surface area contributed by atoms with Crippen LogP contribution >= 0.6 is 0 Å². The highest BCUT2D eigenvalue weighted by Gasteiger charge is 2.06. The lowest BCUT2D eigenvalue weighted by Gasteiger charge is -2.19. The second-order valence-corrected chi connectivity index (χ2v) is 4.52. The third kappa shape index (κ3) is 3.82. The first-order chi connectivity index (χ1) is 9.66. The van der Waals surface area contributed by atoms with Crippen molar-refractivity contribution in [3.8, 4) is 0 Å². The molecule has 0 atom stereocenters. The van der Waals surface area contributed by atoms with Crippen LogP contribution in [0.25, 0.3) is 0 Å². The van der Waals surface area contributed by atoms with Crippen LogP contribution in [0.1, 0.15) is 10.4 Å². The minimum Gasteiger partial charge on any atom is -0.373 e. The molecule has 0 unspecified atom stereocenters. The fourth-order valence-corrected chi connectivity index (χ4v) is 1.88. The smallest absolute Gasteiger partial charge is 0.251 e. The van der Waals surface area contributed by atoms with Gasteiger partial charge in [0.05, 0.1) is 0 Å². The quantitative estimate of drug-likeness (QED) is 0.907. The van der Waals surface area contributed by atoms with Crippen molar-refractivity contribution >= 4 is 11.6 Å². The van der Waals surface area contributed by atoms with Gasteiger partial charge in [-0.25, -0.2) is 4.39 Å². The molecular formula is C16H17FN2O. The molecule has 0 aliphatic rings. The van der Waals surface area contributed by atoms with Gasteiger partial charge in [0.2, 0.25) is 0 Å². The molecule has 20 heavy (non-hydrogen) atoms. The molecule has 2 aromatic carbocycles. The minimum absolute atomic E-state index is 0.258. The first-order valence-electron chi connectivity index (χ1n) is 6.47. The van der Waals surface area contributed by atoms with E-state index in [0.717, 1.165) is 5.69 Å². The lowest BCUT2D eigenvalue weighted by molar-refractivity contribution is 0.0954. The van der Waals surface area contributed by atoms with E-state index in [0.29, 0.717) is 18.7 Å². The van der Waals surface area contributed by atoms with Crippen molar-refractivity contribution in [3.63, 3.8) is 0 Å². The summed E-state index contributed by atoms with van der Waals surface area (Å²) in [7, 11) is 1.96. The first kappa shape index (κ1) is 14.1. The number of para-hydroxylation sites is 1. The van der Waals surface area contributed by atoms with Crippen LogP contribution in [0.5, 0.6) is 0 Å². The Bertz CT molecular complexity index is 572. The summed E-state index contributed by atoms with van der Waals surface area (Å²) in [5, 5.41) is 2.78. The van der Waals surface area contributed by atoms with E-state index in [-0.39, 0.29) is 5.91 Å². The number of rotatable bonds is 5. The van der Waals surface area contributed by atoms with E-state index in [4.69, 9.17) is 0 Å². The highest BCUT2D eigenvalue weighted by Crippen LogP contribution is 2.09. The van der Waals surface area contributed by atoms with E-state index in [1.54, 1.807) is 6.07 Å². The number of hydrogen-bond donors (Lipinski definition) is 1. The van der Waals surface area contributed by atoms with Crippen LogP contribution < -0.4 is 10.2 Å². The molecule has 0 fully saturated rings. The number of nitrogens with zero attached hydrogens (tertiary/aromatic N) is 1. The van der Waals surface area contributed by atoms with Gasteiger partial charge in [-0.05, 0) is 30.3 Å². The number of likely N-dealkylation sites (N-methyl/N-ethyl adjacent to an activating group) is 1. The summed E-state index contributed by atoms with van der Waals surface area (Å²) < 4.78 is 13.0. The normalized spacial score (nSPS) is 10.1. The highest BCUT2D eigenvalue weighted by molar-refractivity contribution is 5.94. The topological polar surface area (TPSA) is 32.3 Å². The fourth-order valence-electron chi connectivity index (χ4n) is 1.88. The van der Waals surface area contributed by atoms with Gasteiger partial charge in [-0.15, -0.1) is 0 Å². The number of benzene rings is 2. The Balaban J connectivity index is 1.83. The summed E-state index contributed by atoms with van der Waals surface area (Å²) in [5.41, 5.74) is 1.43. The number of anilines is 1. The zero-order chi connectivity index (χ0) is 14.4. The number of halogens is 1. The summed E-state index contributed by atoms with van der Waals surface area (Å²) in [5.74, 6) is -0.662. The molecule has 0 saturated heterocycles. The first-order valence-corrected chi connectivity index (χ1v) is 6.47. The molecule has 0 saturated carbocycles. The lowest BCUT2D eigenvalue weighted by atomic mass is 10.2. The van der Waals surface area contributed by atoms with Crippen LogP contribution in [0.4, 0.5) is 10.1 Å². The SMILES string of the molecule is CN(CCNC(=O)c1cccc(F)c1)c1ccccc1. The summed E-state index contributed by atoms with van der Waals surface area (Å²) in [6.45, 7) is 1.19. The Kier molecular flexibility index (Phi) is 4.71. The van der Waals surface area contributed by atoms with Crippen molar-refractivity contribution in [1.82, 2.24) is 5.32 Å². The van der Waals surface area contributed by atoms with Gasteiger partial charge in [-0.2, -0.15) is 0 Å². The number of carbonyl (C=O) groups is 1. The van der Waals surface area contributed by atoms with Crippen LogP contribution in [-0.4, -0.2) is 26.0 Å². The molecular weight excluding hydrogens is 255 g/mol. The molecule has 0 heterocycles. The molecule has 0 radical (unpaired) electrons. The fraction of sp³-hybridized carbons (Fsp3) is 0.188. The molecule has 2 aromatic rings. The van der Waals surface area contributed by atoms with Crippen molar-refractivity contribution in [1.29, 1.82) is 0 Å². The second-order valence-electron chi connectivity index (χ2n) is 4.52. The third-order valence-corrected chi connectivity index (χ3v) is 3.02. The van der Waals surface area contributed by atoms with Gasteiger partial charge in [0, 0.05) is 31.4 Å². The predicted octanol–water partition coefficient (Wildman–Crippen LogP) is 2.69. The van der Waals surface area contributed by atoms with Crippen molar-refractivity contribution in [2.24, 2.45) is 0 Å². The largest absolute Gasteiger partial charge is 0.373 e. The molecule has 1 amide bonds. The van der Waals surface area contributed by atoms with E-state index in [2.05, 4.69) is 5.32 Å². The van der Waals surface area contributed by atoms with Crippen LogP contribution in [0.3, 0.4) is 0 Å². The van der Waals surface area contributed by atoms with E-state index in [1.807, 2.05) is 42.3 Å². The van der Waals surface area contributed by atoms with Gasteiger partial charge in [-0.1, -0.05) is 24.3 Å². The minimum atomic E-state index is -0.404. The highest BCUT2D eigenvalue weighted by atomic mass is 19.1. The average molecular weight is 272 g/mol. The predicted molar refractivity (Wildman–Crippen MR) is 78.4 cm³/mol. The Morgan fingerprint density at radius 2 is 1.90 bits per heavy atom. The average Bonchev–Trinajstić information content (AvgIpc) is 2.48. The van der Waals surface area contributed by atoms with Crippen molar-refractivity contribution < 1.29 is 9.18 Å². The van der Waals surface area contributed by atoms with Gasteiger partial charge < -0.3 is 10.2 Å². The molecule has 0 aliphatic heterocycles. The lowest BCUT2D eigenvalue weighted by Crippen LogP contribution is -2.33. The zero-order valence-corrected chi connectivity index (χ0v) is 11.3. The maximum Gasteiger partial charge on any atom is 0.251 e. The van der Waals surface area contributed by atoms with Gasteiger partial charge in [0.1, 0.15) is 5.82 Å². The molecule has 4 heteroatoms. The Morgan fingerprint density at radius 3 is 2.60 bits per heavy atom. The maximum atomic E-state index is 13.0. The summed E-state index contributed by atoms with van der Waals surface area (Å²) in [4.78, 5) is 13.9. The molecule has 0 bridgehead atoms. The molecule has 3 nitrogen and oxygen atoms in total. The molecule has 2 rings (SSSR count). The molecule has 104 valence electrons. The van der Waals surface area contributed by atoms with Gasteiger partial charge in [-0.3, -0.25) is 4.79 Å². The number of amides is 1. The monoisotopic (exact) mass is 272 g/mol. The van der Waals surface area contributed by atoms with E-state index < -0.39 is 5.82 Å². The number of nitrogens with one attached hydrogen (secondary N) is 1. The number of carbonyl (C=O) groups excluding carboxylic acids is 1. The van der Waals surface area contributed by atoms with Crippen molar-refractivity contribution in [2.45, 2.75) is 0 Å². The molecule has 0 aromatic heterocycles. The molecule has 0 aliphatic carbocycles. The van der Waals surface area contributed by atoms with Crippen LogP contribution in [0.2, 0.25) is 0 Å². The number of hydrogen-bond acceptors (Lipinski definition) is 2. The van der Waals surface area contributed by atoms with E-state index >= 15 is 0 Å². The van der Waals surface area contributed by atoms with Crippen molar-refractivity contribution in [2.75, 3.05) is 25.0 Å². The van der Waals surface area contributed by atoms with Crippen LogP contribution in [0.15, 0.2) is 54.6 Å².